The van der Waals surface area contributed by atoms with Crippen molar-refractivity contribution < 1.29 is 9.21 Å². The van der Waals surface area contributed by atoms with Gasteiger partial charge in [0.2, 0.25) is 0 Å². The molecule has 122 valence electrons. The van der Waals surface area contributed by atoms with E-state index in [0.29, 0.717) is 22.4 Å². The zero-order valence-corrected chi connectivity index (χ0v) is 13.8. The highest BCUT2D eigenvalue weighted by molar-refractivity contribution is 6.03. The van der Waals surface area contributed by atoms with Crippen LogP contribution >= 0.6 is 0 Å². The number of carbonyl (C=O) groups is 1. The van der Waals surface area contributed by atoms with Gasteiger partial charge in [-0.25, -0.2) is 0 Å². The van der Waals surface area contributed by atoms with Gasteiger partial charge in [-0.3, -0.25) is 14.6 Å². The van der Waals surface area contributed by atoms with E-state index in [-0.39, 0.29) is 16.8 Å². The monoisotopic (exact) mass is 322 g/mol. The molecule has 1 N–H and O–H groups in total. The van der Waals surface area contributed by atoms with Gasteiger partial charge in [-0.05, 0) is 41.3 Å². The third-order valence-corrected chi connectivity index (χ3v) is 3.78. The third-order valence-electron chi connectivity index (χ3n) is 3.78. The third kappa shape index (κ3) is 3.20. The fraction of sp³-hybridized carbons (Fsp3) is 0.211. The van der Waals surface area contributed by atoms with Gasteiger partial charge in [0, 0.05) is 18.0 Å². The molecule has 5 heteroatoms. The van der Waals surface area contributed by atoms with Crippen molar-refractivity contribution in [3.05, 3.63) is 70.3 Å². The van der Waals surface area contributed by atoms with E-state index in [0.717, 1.165) is 5.56 Å². The summed E-state index contributed by atoms with van der Waals surface area (Å²) in [6, 6.07) is 9.99. The van der Waals surface area contributed by atoms with E-state index in [1.54, 1.807) is 30.5 Å². The average molecular weight is 322 g/mol. The summed E-state index contributed by atoms with van der Waals surface area (Å²) in [6.45, 7) is 6.23. The average Bonchev–Trinajstić information content (AvgIpc) is 2.55. The Morgan fingerprint density at radius 3 is 2.67 bits per heavy atom. The zero-order valence-electron chi connectivity index (χ0n) is 13.8. The highest BCUT2D eigenvalue weighted by Crippen LogP contribution is 2.22. The summed E-state index contributed by atoms with van der Waals surface area (Å²) in [6.07, 6.45) is 2.98. The number of fused-ring (bicyclic) bond motifs is 1. The normalized spacial score (nSPS) is 11.5. The van der Waals surface area contributed by atoms with Gasteiger partial charge >= 0.3 is 0 Å². The van der Waals surface area contributed by atoms with Gasteiger partial charge in [0.25, 0.3) is 5.91 Å². The minimum Gasteiger partial charge on any atom is -0.464 e. The second-order valence-electron chi connectivity index (χ2n) is 6.63. The Labute approximate surface area is 139 Å². The molecule has 0 unspecified atom stereocenters. The molecular weight excluding hydrogens is 304 g/mol. The van der Waals surface area contributed by atoms with Crippen molar-refractivity contribution in [1.82, 2.24) is 4.98 Å². The zero-order chi connectivity index (χ0) is 17.3. The quantitative estimate of drug-likeness (QED) is 0.780. The molecule has 0 atom stereocenters. The Balaban J connectivity index is 1.90. The highest BCUT2D eigenvalue weighted by Gasteiger charge is 2.16. The molecule has 5 nitrogen and oxygen atoms in total. The molecule has 3 rings (SSSR count). The summed E-state index contributed by atoms with van der Waals surface area (Å²) < 4.78 is 5.27. The predicted molar refractivity (Wildman–Crippen MR) is 93.4 cm³/mol. The summed E-state index contributed by atoms with van der Waals surface area (Å²) in [5, 5.41) is 3.20. The first kappa shape index (κ1) is 15.9. The molecule has 1 amide bonds. The maximum absolute atomic E-state index is 12.4. The van der Waals surface area contributed by atoms with Crippen LogP contribution in [0, 0.1) is 0 Å². The van der Waals surface area contributed by atoms with Crippen LogP contribution in [0.15, 0.2) is 58.1 Å². The van der Waals surface area contributed by atoms with Gasteiger partial charge < -0.3 is 9.73 Å². The fourth-order valence-electron chi connectivity index (χ4n) is 2.38. The Kier molecular flexibility index (Phi) is 3.93. The number of aromatic nitrogens is 1. The first-order valence-corrected chi connectivity index (χ1v) is 7.64. The molecule has 0 aliphatic heterocycles. The summed E-state index contributed by atoms with van der Waals surface area (Å²) in [7, 11) is 0. The Hall–Kier alpha value is -2.95. The molecule has 0 radical (unpaired) electrons. The maximum Gasteiger partial charge on any atom is 0.274 e. The van der Waals surface area contributed by atoms with Gasteiger partial charge in [0.15, 0.2) is 5.43 Å². The lowest BCUT2D eigenvalue weighted by atomic mass is 9.87. The SMILES string of the molecule is CC(C)(C)c1ccnc(C(=O)Nc2ccc3occc(=O)c3c2)c1. The number of nitrogens with zero attached hydrogens (tertiary/aromatic N) is 1. The topological polar surface area (TPSA) is 72.2 Å². The fourth-order valence-corrected chi connectivity index (χ4v) is 2.38. The number of rotatable bonds is 2. The van der Waals surface area contributed by atoms with E-state index < -0.39 is 0 Å². The molecule has 0 saturated heterocycles. The largest absolute Gasteiger partial charge is 0.464 e. The molecule has 1 aromatic carbocycles. The van der Waals surface area contributed by atoms with Gasteiger partial charge in [-0.1, -0.05) is 20.8 Å². The van der Waals surface area contributed by atoms with Crippen molar-refractivity contribution in [2.24, 2.45) is 0 Å². The van der Waals surface area contributed by atoms with E-state index >= 15 is 0 Å². The van der Waals surface area contributed by atoms with Gasteiger partial charge in [-0.15, -0.1) is 0 Å². The lowest BCUT2D eigenvalue weighted by Gasteiger charge is -2.19. The number of carbonyl (C=O) groups excluding carboxylic acids is 1. The van der Waals surface area contributed by atoms with Crippen LogP contribution in [0.4, 0.5) is 5.69 Å². The van der Waals surface area contributed by atoms with Crippen molar-refractivity contribution in [3.63, 3.8) is 0 Å². The Morgan fingerprint density at radius 2 is 1.92 bits per heavy atom. The van der Waals surface area contributed by atoms with Gasteiger partial charge in [-0.2, -0.15) is 0 Å². The predicted octanol–water partition coefficient (Wildman–Crippen LogP) is 3.74. The number of anilines is 1. The van der Waals surface area contributed by atoms with E-state index in [4.69, 9.17) is 4.42 Å². The molecule has 0 aliphatic rings. The van der Waals surface area contributed by atoms with Crippen LogP contribution in [0.1, 0.15) is 36.8 Å². The molecule has 3 aromatic rings. The summed E-state index contributed by atoms with van der Waals surface area (Å²) in [5.41, 5.74) is 2.15. The number of benzene rings is 1. The molecule has 2 heterocycles. The van der Waals surface area contributed by atoms with Crippen molar-refractivity contribution in [3.8, 4) is 0 Å². The smallest absolute Gasteiger partial charge is 0.274 e. The second-order valence-corrected chi connectivity index (χ2v) is 6.63. The van der Waals surface area contributed by atoms with Crippen LogP contribution < -0.4 is 10.7 Å². The molecular formula is C19H18N2O3. The number of hydrogen-bond acceptors (Lipinski definition) is 4. The first-order valence-electron chi connectivity index (χ1n) is 7.64. The number of nitrogens with one attached hydrogen (secondary N) is 1. The first-order chi connectivity index (χ1) is 11.3. The van der Waals surface area contributed by atoms with E-state index in [1.807, 2.05) is 6.07 Å². The van der Waals surface area contributed by atoms with Crippen molar-refractivity contribution in [2.75, 3.05) is 5.32 Å². The molecule has 0 spiro atoms. The summed E-state index contributed by atoms with van der Waals surface area (Å²) >= 11 is 0. The summed E-state index contributed by atoms with van der Waals surface area (Å²) in [5.74, 6) is -0.319. The van der Waals surface area contributed by atoms with Gasteiger partial charge in [0.1, 0.15) is 11.3 Å². The van der Waals surface area contributed by atoms with Crippen LogP contribution in [0.2, 0.25) is 0 Å². The van der Waals surface area contributed by atoms with Crippen molar-refractivity contribution >= 4 is 22.6 Å². The van der Waals surface area contributed by atoms with Crippen molar-refractivity contribution in [1.29, 1.82) is 0 Å². The van der Waals surface area contributed by atoms with E-state index in [9.17, 15) is 9.59 Å². The van der Waals surface area contributed by atoms with Gasteiger partial charge in [0.05, 0.1) is 11.6 Å². The summed E-state index contributed by atoms with van der Waals surface area (Å²) in [4.78, 5) is 28.4. The number of hydrogen-bond donors (Lipinski definition) is 1. The van der Waals surface area contributed by atoms with Crippen LogP contribution in [0.25, 0.3) is 11.0 Å². The molecule has 2 aromatic heterocycles. The van der Waals surface area contributed by atoms with Crippen LogP contribution in [0.5, 0.6) is 0 Å². The second kappa shape index (κ2) is 5.92. The molecule has 24 heavy (non-hydrogen) atoms. The van der Waals surface area contributed by atoms with E-state index in [2.05, 4.69) is 31.1 Å². The maximum atomic E-state index is 12.4. The lowest BCUT2D eigenvalue weighted by molar-refractivity contribution is 0.102. The molecule has 0 fully saturated rings. The molecule has 0 saturated carbocycles. The molecule has 0 bridgehead atoms. The molecule has 0 aliphatic carbocycles. The standard InChI is InChI=1S/C19H18N2O3/c1-19(2,3)12-6-8-20-15(10-12)18(23)21-13-4-5-17-14(11-13)16(22)7-9-24-17/h4-11H,1-3H3,(H,21,23). The number of pyridine rings is 1. The Morgan fingerprint density at radius 1 is 1.12 bits per heavy atom. The lowest BCUT2D eigenvalue weighted by Crippen LogP contribution is -2.17. The van der Waals surface area contributed by atoms with Crippen molar-refractivity contribution in [2.45, 2.75) is 26.2 Å². The Bertz CT molecular complexity index is 968. The minimum atomic E-state index is -0.319. The highest BCUT2D eigenvalue weighted by atomic mass is 16.3. The van der Waals surface area contributed by atoms with Crippen LogP contribution in [0.3, 0.4) is 0 Å². The van der Waals surface area contributed by atoms with Crippen LogP contribution in [-0.4, -0.2) is 10.9 Å². The minimum absolute atomic E-state index is 0.0696. The van der Waals surface area contributed by atoms with Crippen LogP contribution in [-0.2, 0) is 5.41 Å². The van der Waals surface area contributed by atoms with E-state index in [1.165, 1.54) is 12.3 Å². The number of amides is 1.